The molecule has 0 saturated carbocycles. The molecule has 3 aromatic heterocycles. The van der Waals surface area contributed by atoms with Gasteiger partial charge < -0.3 is 15.1 Å². The Labute approximate surface area is 150 Å². The zero-order valence-electron chi connectivity index (χ0n) is 14.5. The van der Waals surface area contributed by atoms with Crippen LogP contribution in [-0.4, -0.2) is 19.9 Å². The summed E-state index contributed by atoms with van der Waals surface area (Å²) in [5.74, 6) is 1.87. The summed E-state index contributed by atoms with van der Waals surface area (Å²) in [4.78, 5) is 17.7. The van der Waals surface area contributed by atoms with E-state index >= 15 is 0 Å². The summed E-state index contributed by atoms with van der Waals surface area (Å²) in [7, 11) is 0. The van der Waals surface area contributed by atoms with Crippen LogP contribution in [0.3, 0.4) is 0 Å². The van der Waals surface area contributed by atoms with Gasteiger partial charge in [0.1, 0.15) is 5.76 Å². The van der Waals surface area contributed by atoms with Gasteiger partial charge in [0.25, 0.3) is 0 Å². The van der Waals surface area contributed by atoms with Gasteiger partial charge in [0, 0.05) is 18.1 Å². The topological polar surface area (TPSA) is 88.8 Å². The van der Waals surface area contributed by atoms with E-state index in [1.807, 2.05) is 18.2 Å². The van der Waals surface area contributed by atoms with E-state index in [0.717, 1.165) is 11.4 Å². The third kappa shape index (κ3) is 3.32. The molecule has 0 amide bonds. The lowest BCUT2D eigenvalue weighted by atomic mass is 10.1. The summed E-state index contributed by atoms with van der Waals surface area (Å²) >= 11 is 0. The molecule has 2 N–H and O–H groups in total. The molecule has 0 fully saturated rings. The summed E-state index contributed by atoms with van der Waals surface area (Å²) in [5.41, 5.74) is 4.53. The Kier molecular flexibility index (Phi) is 4.18. The monoisotopic (exact) mass is 346 g/mol. The van der Waals surface area contributed by atoms with E-state index < -0.39 is 0 Å². The van der Waals surface area contributed by atoms with Gasteiger partial charge in [-0.2, -0.15) is 9.97 Å². The van der Waals surface area contributed by atoms with Crippen LogP contribution in [0.15, 0.2) is 53.4 Å². The number of nitrogens with zero attached hydrogens (tertiary/aromatic N) is 4. The number of aryl methyl sites for hydroxylation is 2. The van der Waals surface area contributed by atoms with Crippen LogP contribution in [0.25, 0.3) is 11.2 Å². The molecular formula is C19H18N6O. The summed E-state index contributed by atoms with van der Waals surface area (Å²) in [6, 6.07) is 9.90. The molecule has 0 aliphatic heterocycles. The van der Waals surface area contributed by atoms with Crippen molar-refractivity contribution in [1.82, 2.24) is 19.9 Å². The standard InChI is InChI=1S/C19H18N6O/c1-12-5-6-14(10-13(12)2)23-18-16-17(21-8-7-20-16)24-19(25-18)22-11-15-4-3-9-26-15/h3-10H,11H2,1-2H3,(H2,21,22,23,24,25). The number of nitrogens with one attached hydrogen (secondary N) is 2. The molecule has 130 valence electrons. The zero-order chi connectivity index (χ0) is 17.9. The van der Waals surface area contributed by atoms with Crippen LogP contribution >= 0.6 is 0 Å². The molecule has 0 radical (unpaired) electrons. The van der Waals surface area contributed by atoms with Gasteiger partial charge in [-0.15, -0.1) is 0 Å². The molecule has 26 heavy (non-hydrogen) atoms. The number of hydrogen-bond acceptors (Lipinski definition) is 7. The van der Waals surface area contributed by atoms with Crippen LogP contribution in [0.4, 0.5) is 17.5 Å². The first kappa shape index (κ1) is 16.0. The van der Waals surface area contributed by atoms with Gasteiger partial charge in [-0.05, 0) is 49.2 Å². The number of fused-ring (bicyclic) bond motifs is 1. The highest BCUT2D eigenvalue weighted by atomic mass is 16.3. The Morgan fingerprint density at radius 3 is 2.69 bits per heavy atom. The van der Waals surface area contributed by atoms with E-state index in [-0.39, 0.29) is 0 Å². The van der Waals surface area contributed by atoms with Crippen molar-refractivity contribution in [2.24, 2.45) is 0 Å². The minimum Gasteiger partial charge on any atom is -0.467 e. The molecule has 4 rings (SSSR count). The third-order valence-electron chi connectivity index (χ3n) is 4.10. The fourth-order valence-electron chi connectivity index (χ4n) is 2.57. The second-order valence-electron chi connectivity index (χ2n) is 5.98. The smallest absolute Gasteiger partial charge is 0.227 e. The maximum absolute atomic E-state index is 5.33. The predicted molar refractivity (Wildman–Crippen MR) is 100 cm³/mol. The Balaban J connectivity index is 1.68. The van der Waals surface area contributed by atoms with Crippen LogP contribution < -0.4 is 10.6 Å². The summed E-state index contributed by atoms with van der Waals surface area (Å²) in [6.07, 6.45) is 4.88. The maximum atomic E-state index is 5.33. The van der Waals surface area contributed by atoms with E-state index in [0.29, 0.717) is 29.5 Å². The first-order valence-corrected chi connectivity index (χ1v) is 8.28. The summed E-state index contributed by atoms with van der Waals surface area (Å²) in [5, 5.41) is 6.49. The summed E-state index contributed by atoms with van der Waals surface area (Å²) in [6.45, 7) is 4.65. The molecule has 7 nitrogen and oxygen atoms in total. The molecule has 0 unspecified atom stereocenters. The van der Waals surface area contributed by atoms with E-state index in [4.69, 9.17) is 4.42 Å². The fraction of sp³-hybridized carbons (Fsp3) is 0.158. The molecular weight excluding hydrogens is 328 g/mol. The maximum Gasteiger partial charge on any atom is 0.227 e. The van der Waals surface area contributed by atoms with Crippen molar-refractivity contribution in [3.63, 3.8) is 0 Å². The molecule has 0 aliphatic carbocycles. The second-order valence-corrected chi connectivity index (χ2v) is 5.98. The van der Waals surface area contributed by atoms with Crippen molar-refractivity contribution < 1.29 is 4.42 Å². The summed E-state index contributed by atoms with van der Waals surface area (Å²) < 4.78 is 5.33. The lowest BCUT2D eigenvalue weighted by Crippen LogP contribution is -2.07. The van der Waals surface area contributed by atoms with Crippen molar-refractivity contribution in [3.8, 4) is 0 Å². The van der Waals surface area contributed by atoms with Crippen molar-refractivity contribution in [2.75, 3.05) is 10.6 Å². The SMILES string of the molecule is Cc1ccc(Nc2nc(NCc3ccco3)nc3nccnc23)cc1C. The molecule has 7 heteroatoms. The number of hydrogen-bond donors (Lipinski definition) is 2. The van der Waals surface area contributed by atoms with E-state index in [1.165, 1.54) is 11.1 Å². The minimum atomic E-state index is 0.459. The van der Waals surface area contributed by atoms with Gasteiger partial charge in [0.2, 0.25) is 5.95 Å². The molecule has 1 aromatic carbocycles. The van der Waals surface area contributed by atoms with Crippen molar-refractivity contribution in [3.05, 3.63) is 65.9 Å². The first-order chi connectivity index (χ1) is 12.7. The van der Waals surface area contributed by atoms with Gasteiger partial charge in [-0.25, -0.2) is 9.97 Å². The van der Waals surface area contributed by atoms with Crippen LogP contribution in [-0.2, 0) is 6.54 Å². The highest BCUT2D eigenvalue weighted by molar-refractivity contribution is 5.85. The number of aromatic nitrogens is 4. The lowest BCUT2D eigenvalue weighted by Gasteiger charge is -2.11. The number of furan rings is 1. The Morgan fingerprint density at radius 2 is 1.88 bits per heavy atom. The van der Waals surface area contributed by atoms with Crippen molar-refractivity contribution in [2.45, 2.75) is 20.4 Å². The van der Waals surface area contributed by atoms with Gasteiger partial charge >= 0.3 is 0 Å². The molecule has 0 atom stereocenters. The van der Waals surface area contributed by atoms with Gasteiger partial charge in [-0.3, -0.25) is 0 Å². The molecule has 0 aliphatic rings. The quantitative estimate of drug-likeness (QED) is 0.565. The second kappa shape index (κ2) is 6.79. The third-order valence-corrected chi connectivity index (χ3v) is 4.10. The van der Waals surface area contributed by atoms with Crippen molar-refractivity contribution >= 4 is 28.6 Å². The van der Waals surface area contributed by atoms with Crippen LogP contribution in [0, 0.1) is 13.8 Å². The van der Waals surface area contributed by atoms with Crippen molar-refractivity contribution in [1.29, 1.82) is 0 Å². The van der Waals surface area contributed by atoms with Gasteiger partial charge in [-0.1, -0.05) is 6.07 Å². The lowest BCUT2D eigenvalue weighted by molar-refractivity contribution is 0.517. The molecule has 3 heterocycles. The predicted octanol–water partition coefficient (Wildman–Crippen LogP) is 3.99. The van der Waals surface area contributed by atoms with E-state index in [2.05, 4.69) is 56.5 Å². The fourth-order valence-corrected chi connectivity index (χ4v) is 2.57. The molecule has 0 saturated heterocycles. The van der Waals surface area contributed by atoms with Crippen LogP contribution in [0.5, 0.6) is 0 Å². The Hall–Kier alpha value is -3.48. The number of anilines is 3. The number of benzene rings is 1. The Morgan fingerprint density at radius 1 is 1.00 bits per heavy atom. The number of rotatable bonds is 5. The Bertz CT molecular complexity index is 1050. The molecule has 0 spiro atoms. The minimum absolute atomic E-state index is 0.459. The average Bonchev–Trinajstić information content (AvgIpc) is 3.17. The molecule has 0 bridgehead atoms. The van der Waals surface area contributed by atoms with Gasteiger partial charge in [0.05, 0.1) is 12.8 Å². The van der Waals surface area contributed by atoms with Crippen LogP contribution in [0.2, 0.25) is 0 Å². The van der Waals surface area contributed by atoms with E-state index in [9.17, 15) is 0 Å². The van der Waals surface area contributed by atoms with Crippen LogP contribution in [0.1, 0.15) is 16.9 Å². The largest absolute Gasteiger partial charge is 0.467 e. The highest BCUT2D eigenvalue weighted by Crippen LogP contribution is 2.24. The highest BCUT2D eigenvalue weighted by Gasteiger charge is 2.11. The van der Waals surface area contributed by atoms with Gasteiger partial charge in [0.15, 0.2) is 17.0 Å². The molecule has 4 aromatic rings. The first-order valence-electron chi connectivity index (χ1n) is 8.28. The van der Waals surface area contributed by atoms with E-state index in [1.54, 1.807) is 18.7 Å². The zero-order valence-corrected chi connectivity index (χ0v) is 14.5. The average molecular weight is 346 g/mol. The normalized spacial score (nSPS) is 10.8.